The molecule has 0 N–H and O–H groups in total. The summed E-state index contributed by atoms with van der Waals surface area (Å²) in [7, 11) is 0. The van der Waals surface area contributed by atoms with E-state index in [4.69, 9.17) is 4.74 Å². The molecule has 0 bridgehead atoms. The van der Waals surface area contributed by atoms with E-state index in [1.807, 2.05) is 39.0 Å². The Labute approximate surface area is 171 Å². The molecule has 29 heavy (non-hydrogen) atoms. The third kappa shape index (κ3) is 4.73. The summed E-state index contributed by atoms with van der Waals surface area (Å²) < 4.78 is 5.45. The molecule has 1 aliphatic heterocycles. The number of hydrogen-bond acceptors (Lipinski definition) is 4. The molecule has 0 saturated carbocycles. The largest absolute Gasteiger partial charge is 0.451 e. The minimum absolute atomic E-state index is 0.140. The van der Waals surface area contributed by atoms with Crippen molar-refractivity contribution in [2.45, 2.75) is 53.2 Å². The van der Waals surface area contributed by atoms with Crippen LogP contribution in [-0.4, -0.2) is 35.2 Å². The third-order valence-corrected chi connectivity index (χ3v) is 5.47. The van der Waals surface area contributed by atoms with Crippen molar-refractivity contribution >= 4 is 17.7 Å². The van der Waals surface area contributed by atoms with E-state index < -0.39 is 12.1 Å². The first kappa shape index (κ1) is 20.8. The van der Waals surface area contributed by atoms with E-state index in [1.165, 1.54) is 0 Å². The number of rotatable bonds is 6. The number of nitrogens with zero attached hydrogens (tertiary/aromatic N) is 1. The minimum atomic E-state index is -0.882. The standard InChI is InChI=1S/C24H27NO4/c1-15-11-17(3)21(12-16(15)2)23(27)18(4)29-24(28)20-8-5-7-19(13-20)14-25-10-6-9-22(25)26/h5,7-8,11-13,18H,6,9-10,14H2,1-4H3. The number of ether oxygens (including phenoxy) is 1. The Morgan fingerprint density at radius 3 is 2.48 bits per heavy atom. The summed E-state index contributed by atoms with van der Waals surface area (Å²) in [5, 5.41) is 0. The number of ketones is 1. The quantitative estimate of drug-likeness (QED) is 0.546. The van der Waals surface area contributed by atoms with Crippen molar-refractivity contribution in [3.63, 3.8) is 0 Å². The molecule has 1 aliphatic rings. The van der Waals surface area contributed by atoms with Crippen LogP contribution < -0.4 is 0 Å². The smallest absolute Gasteiger partial charge is 0.338 e. The molecule has 5 heteroatoms. The molecule has 0 radical (unpaired) electrons. The normalized spacial score (nSPS) is 14.8. The van der Waals surface area contributed by atoms with Crippen LogP contribution in [0, 0.1) is 20.8 Å². The SMILES string of the molecule is Cc1cc(C)c(C(=O)C(C)OC(=O)c2cccc(CN3CCCC3=O)c2)cc1C. The zero-order valence-corrected chi connectivity index (χ0v) is 17.5. The van der Waals surface area contributed by atoms with Crippen molar-refractivity contribution in [2.75, 3.05) is 6.54 Å². The van der Waals surface area contributed by atoms with Gasteiger partial charge in [-0.25, -0.2) is 4.79 Å². The lowest BCUT2D eigenvalue weighted by molar-refractivity contribution is -0.128. The lowest BCUT2D eigenvalue weighted by atomic mass is 9.96. The molecule has 0 aliphatic carbocycles. The van der Waals surface area contributed by atoms with E-state index in [0.29, 0.717) is 24.1 Å². The fourth-order valence-corrected chi connectivity index (χ4v) is 3.62. The number of Topliss-reactive ketones (excluding diaryl/α,β-unsaturated/α-hetero) is 1. The maximum Gasteiger partial charge on any atom is 0.338 e. The Morgan fingerprint density at radius 2 is 1.79 bits per heavy atom. The molecular weight excluding hydrogens is 366 g/mol. The molecule has 152 valence electrons. The molecule has 0 aromatic heterocycles. The lowest BCUT2D eigenvalue weighted by Crippen LogP contribution is -2.26. The predicted molar refractivity (Wildman–Crippen MR) is 111 cm³/mol. The van der Waals surface area contributed by atoms with Gasteiger partial charge in [0.15, 0.2) is 6.10 Å². The second kappa shape index (κ2) is 8.60. The summed E-state index contributed by atoms with van der Waals surface area (Å²) in [5.74, 6) is -0.610. The number of esters is 1. The molecule has 1 amide bonds. The van der Waals surface area contributed by atoms with Gasteiger partial charge in [0.05, 0.1) is 5.56 Å². The van der Waals surface area contributed by atoms with E-state index in [-0.39, 0.29) is 11.7 Å². The molecule has 1 atom stereocenters. The van der Waals surface area contributed by atoms with Crippen molar-refractivity contribution in [2.24, 2.45) is 0 Å². The van der Waals surface area contributed by atoms with Crippen molar-refractivity contribution in [1.82, 2.24) is 4.90 Å². The molecule has 1 fully saturated rings. The van der Waals surface area contributed by atoms with Crippen molar-refractivity contribution in [3.05, 3.63) is 69.8 Å². The minimum Gasteiger partial charge on any atom is -0.451 e. The highest BCUT2D eigenvalue weighted by Crippen LogP contribution is 2.19. The second-order valence-corrected chi connectivity index (χ2v) is 7.78. The van der Waals surface area contributed by atoms with E-state index in [9.17, 15) is 14.4 Å². The Balaban J connectivity index is 1.69. The highest BCUT2D eigenvalue weighted by atomic mass is 16.5. The zero-order valence-electron chi connectivity index (χ0n) is 17.5. The van der Waals surface area contributed by atoms with Crippen molar-refractivity contribution in [3.8, 4) is 0 Å². The maximum atomic E-state index is 12.8. The van der Waals surface area contributed by atoms with Gasteiger partial charge >= 0.3 is 5.97 Å². The van der Waals surface area contributed by atoms with E-state index in [0.717, 1.165) is 35.2 Å². The second-order valence-electron chi connectivity index (χ2n) is 7.78. The fraction of sp³-hybridized carbons (Fsp3) is 0.375. The highest BCUT2D eigenvalue weighted by Gasteiger charge is 2.23. The van der Waals surface area contributed by atoms with Crippen LogP contribution in [0.15, 0.2) is 36.4 Å². The lowest BCUT2D eigenvalue weighted by Gasteiger charge is -2.17. The topological polar surface area (TPSA) is 63.7 Å². The number of aryl methyl sites for hydroxylation is 3. The summed E-state index contributed by atoms with van der Waals surface area (Å²) in [6, 6.07) is 10.9. The first-order valence-corrected chi connectivity index (χ1v) is 9.96. The molecule has 1 unspecified atom stereocenters. The Kier molecular flexibility index (Phi) is 6.16. The maximum absolute atomic E-state index is 12.8. The predicted octanol–water partition coefficient (Wildman–Crippen LogP) is 4.16. The summed E-state index contributed by atoms with van der Waals surface area (Å²) >= 11 is 0. The number of carbonyl (C=O) groups is 3. The van der Waals surface area contributed by atoms with Crippen LogP contribution >= 0.6 is 0 Å². The van der Waals surface area contributed by atoms with Crippen LogP contribution in [0.1, 0.15) is 62.7 Å². The highest BCUT2D eigenvalue weighted by molar-refractivity contribution is 6.02. The van der Waals surface area contributed by atoms with Gasteiger partial charge in [0.25, 0.3) is 0 Å². The number of carbonyl (C=O) groups excluding carboxylic acids is 3. The van der Waals surface area contributed by atoms with Gasteiger partial charge in [-0.15, -0.1) is 0 Å². The van der Waals surface area contributed by atoms with Gasteiger partial charge in [-0.1, -0.05) is 18.2 Å². The van der Waals surface area contributed by atoms with Gasteiger partial charge in [0.2, 0.25) is 11.7 Å². The average molecular weight is 393 g/mol. The van der Waals surface area contributed by atoms with Crippen LogP contribution in [0.2, 0.25) is 0 Å². The third-order valence-electron chi connectivity index (χ3n) is 5.47. The number of hydrogen-bond donors (Lipinski definition) is 0. The summed E-state index contributed by atoms with van der Waals surface area (Å²) in [6.07, 6.45) is 0.573. The van der Waals surface area contributed by atoms with Crippen molar-refractivity contribution in [1.29, 1.82) is 0 Å². The van der Waals surface area contributed by atoms with Gasteiger partial charge in [-0.05, 0) is 74.6 Å². The van der Waals surface area contributed by atoms with E-state index in [1.54, 1.807) is 30.0 Å². The van der Waals surface area contributed by atoms with Gasteiger partial charge in [-0.2, -0.15) is 0 Å². The van der Waals surface area contributed by atoms with Crippen molar-refractivity contribution < 1.29 is 19.1 Å². The van der Waals surface area contributed by atoms with E-state index in [2.05, 4.69) is 0 Å². The van der Waals surface area contributed by atoms with Gasteiger partial charge < -0.3 is 9.64 Å². The summed E-state index contributed by atoms with van der Waals surface area (Å²) in [4.78, 5) is 39.0. The average Bonchev–Trinajstić information content (AvgIpc) is 3.08. The molecule has 3 rings (SSSR count). The van der Waals surface area contributed by atoms with Crippen LogP contribution in [0.25, 0.3) is 0 Å². The first-order valence-electron chi connectivity index (χ1n) is 9.96. The zero-order chi connectivity index (χ0) is 21.1. The molecule has 0 spiro atoms. The van der Waals surface area contributed by atoms with Crippen LogP contribution in [0.5, 0.6) is 0 Å². The molecule has 1 saturated heterocycles. The molecule has 1 heterocycles. The molecule has 2 aromatic carbocycles. The molecule has 5 nitrogen and oxygen atoms in total. The fourth-order valence-electron chi connectivity index (χ4n) is 3.62. The number of likely N-dealkylation sites (tertiary alicyclic amines) is 1. The first-order chi connectivity index (χ1) is 13.8. The van der Waals surface area contributed by atoms with Crippen LogP contribution in [0.3, 0.4) is 0 Å². The van der Waals surface area contributed by atoms with Crippen LogP contribution in [-0.2, 0) is 16.1 Å². The number of amides is 1. The summed E-state index contributed by atoms with van der Waals surface area (Å²) in [5.41, 5.74) is 4.86. The molecule has 2 aromatic rings. The summed E-state index contributed by atoms with van der Waals surface area (Å²) in [6.45, 7) is 8.67. The Morgan fingerprint density at radius 1 is 1.07 bits per heavy atom. The van der Waals surface area contributed by atoms with E-state index >= 15 is 0 Å². The van der Waals surface area contributed by atoms with Gasteiger partial charge in [0.1, 0.15) is 0 Å². The van der Waals surface area contributed by atoms with Gasteiger partial charge in [-0.3, -0.25) is 9.59 Å². The number of benzene rings is 2. The van der Waals surface area contributed by atoms with Gasteiger partial charge in [0, 0.05) is 25.1 Å². The molecular formula is C24H27NO4. The Bertz CT molecular complexity index is 963. The monoisotopic (exact) mass is 393 g/mol. The Hall–Kier alpha value is -2.95. The van der Waals surface area contributed by atoms with Crippen LogP contribution in [0.4, 0.5) is 0 Å².